The van der Waals surface area contributed by atoms with Crippen LogP contribution in [0.2, 0.25) is 0 Å². The zero-order valence-corrected chi connectivity index (χ0v) is 17.1. The monoisotopic (exact) mass is 413 g/mol. The van der Waals surface area contributed by atoms with Crippen LogP contribution in [0.15, 0.2) is 84.4 Å². The van der Waals surface area contributed by atoms with Crippen molar-refractivity contribution >= 4 is 29.0 Å². The van der Waals surface area contributed by atoms with Crippen LogP contribution in [-0.2, 0) is 4.79 Å². The third-order valence-electron chi connectivity index (χ3n) is 4.36. The molecule has 0 saturated heterocycles. The predicted molar refractivity (Wildman–Crippen MR) is 121 cm³/mol. The summed E-state index contributed by atoms with van der Waals surface area (Å²) in [5.41, 5.74) is 4.27. The predicted octanol–water partition coefficient (Wildman–Crippen LogP) is 5.53. The molecule has 0 radical (unpaired) electrons. The molecule has 2 aromatic heterocycles. The normalized spacial score (nSPS) is 10.8. The van der Waals surface area contributed by atoms with E-state index in [0.717, 1.165) is 33.3 Å². The van der Waals surface area contributed by atoms with Crippen molar-refractivity contribution in [2.24, 2.45) is 0 Å². The Balaban J connectivity index is 1.45. The fraction of sp³-hybridized carbons (Fsp3) is 0.0417. The molecule has 5 nitrogen and oxygen atoms in total. The van der Waals surface area contributed by atoms with Gasteiger partial charge in [-0.2, -0.15) is 0 Å². The van der Waals surface area contributed by atoms with Gasteiger partial charge in [0.1, 0.15) is 10.8 Å². The van der Waals surface area contributed by atoms with Gasteiger partial charge in [-0.3, -0.25) is 9.78 Å². The molecular weight excluding hydrogens is 394 g/mol. The standard InChI is InChI=1S/C24H19N3O2S/c1-29-20-11-8-17(9-12-20)10-13-23(28)26-19-6-4-5-18(15-19)22-16-30-24(27-22)21-7-2-3-14-25-21/h2-16H,1H3,(H,26,28)/b13-10+. The number of benzene rings is 2. The second-order valence-electron chi connectivity index (χ2n) is 6.43. The molecule has 0 fully saturated rings. The third kappa shape index (κ3) is 4.79. The Hall–Kier alpha value is -3.77. The van der Waals surface area contributed by atoms with Crippen molar-refractivity contribution < 1.29 is 9.53 Å². The van der Waals surface area contributed by atoms with Gasteiger partial charge in [-0.15, -0.1) is 11.3 Å². The Labute approximate surface area is 178 Å². The minimum absolute atomic E-state index is 0.199. The molecule has 0 spiro atoms. The lowest BCUT2D eigenvalue weighted by atomic mass is 10.1. The number of carbonyl (C=O) groups is 1. The molecule has 4 rings (SSSR count). The zero-order valence-electron chi connectivity index (χ0n) is 16.3. The fourth-order valence-electron chi connectivity index (χ4n) is 2.84. The quantitative estimate of drug-likeness (QED) is 0.422. The molecule has 1 amide bonds. The lowest BCUT2D eigenvalue weighted by Crippen LogP contribution is -2.07. The van der Waals surface area contributed by atoms with Crippen molar-refractivity contribution in [3.05, 3.63) is 89.9 Å². The largest absolute Gasteiger partial charge is 0.497 e. The van der Waals surface area contributed by atoms with Crippen molar-refractivity contribution in [2.75, 3.05) is 12.4 Å². The van der Waals surface area contributed by atoms with Crippen molar-refractivity contribution in [3.8, 4) is 27.7 Å². The van der Waals surface area contributed by atoms with Crippen LogP contribution in [0.3, 0.4) is 0 Å². The maximum absolute atomic E-state index is 12.3. The molecule has 0 bridgehead atoms. The van der Waals surface area contributed by atoms with Crippen molar-refractivity contribution in [3.63, 3.8) is 0 Å². The molecule has 30 heavy (non-hydrogen) atoms. The van der Waals surface area contributed by atoms with Crippen LogP contribution in [0.1, 0.15) is 5.56 Å². The van der Waals surface area contributed by atoms with Gasteiger partial charge in [-0.25, -0.2) is 4.98 Å². The van der Waals surface area contributed by atoms with Crippen LogP contribution >= 0.6 is 11.3 Å². The van der Waals surface area contributed by atoms with Crippen LogP contribution in [0.4, 0.5) is 5.69 Å². The molecule has 0 aliphatic heterocycles. The topological polar surface area (TPSA) is 64.1 Å². The van der Waals surface area contributed by atoms with Crippen LogP contribution in [0.25, 0.3) is 28.0 Å². The van der Waals surface area contributed by atoms with Gasteiger partial charge in [0.2, 0.25) is 5.91 Å². The van der Waals surface area contributed by atoms with E-state index in [-0.39, 0.29) is 5.91 Å². The minimum atomic E-state index is -0.199. The Morgan fingerprint density at radius 2 is 1.90 bits per heavy atom. The van der Waals surface area contributed by atoms with E-state index in [1.165, 1.54) is 6.08 Å². The molecule has 0 saturated carbocycles. The highest BCUT2D eigenvalue weighted by molar-refractivity contribution is 7.13. The van der Waals surface area contributed by atoms with E-state index in [0.29, 0.717) is 5.69 Å². The van der Waals surface area contributed by atoms with Crippen molar-refractivity contribution in [1.82, 2.24) is 9.97 Å². The summed E-state index contributed by atoms with van der Waals surface area (Å²) in [5.74, 6) is 0.581. The van der Waals surface area contributed by atoms with E-state index in [1.54, 1.807) is 30.7 Å². The number of nitrogens with zero attached hydrogens (tertiary/aromatic N) is 2. The molecule has 0 aliphatic rings. The van der Waals surface area contributed by atoms with E-state index in [2.05, 4.69) is 15.3 Å². The highest BCUT2D eigenvalue weighted by Crippen LogP contribution is 2.29. The highest BCUT2D eigenvalue weighted by Gasteiger charge is 2.08. The fourth-order valence-corrected chi connectivity index (χ4v) is 3.64. The van der Waals surface area contributed by atoms with Gasteiger partial charge < -0.3 is 10.1 Å². The highest BCUT2D eigenvalue weighted by atomic mass is 32.1. The number of rotatable bonds is 6. The lowest BCUT2D eigenvalue weighted by Gasteiger charge is -2.04. The van der Waals surface area contributed by atoms with Crippen molar-refractivity contribution in [2.45, 2.75) is 0 Å². The summed E-state index contributed by atoms with van der Waals surface area (Å²) in [6.07, 6.45) is 5.03. The second kappa shape index (κ2) is 9.15. The van der Waals surface area contributed by atoms with Gasteiger partial charge in [0.05, 0.1) is 18.5 Å². The molecule has 6 heteroatoms. The van der Waals surface area contributed by atoms with Crippen molar-refractivity contribution in [1.29, 1.82) is 0 Å². The Morgan fingerprint density at radius 3 is 2.67 bits per heavy atom. The Bertz CT molecular complexity index is 1170. The lowest BCUT2D eigenvalue weighted by molar-refractivity contribution is -0.111. The zero-order chi connectivity index (χ0) is 20.8. The summed E-state index contributed by atoms with van der Waals surface area (Å²) >= 11 is 1.54. The van der Waals surface area contributed by atoms with E-state index in [4.69, 9.17) is 4.74 Å². The maximum atomic E-state index is 12.3. The summed E-state index contributed by atoms with van der Waals surface area (Å²) in [5, 5.41) is 5.75. The first-order valence-electron chi connectivity index (χ1n) is 9.32. The average molecular weight is 414 g/mol. The second-order valence-corrected chi connectivity index (χ2v) is 7.29. The van der Waals surface area contributed by atoms with E-state index in [9.17, 15) is 4.79 Å². The molecule has 2 aromatic carbocycles. The Morgan fingerprint density at radius 1 is 1.03 bits per heavy atom. The number of amides is 1. The van der Waals surface area contributed by atoms with E-state index in [1.807, 2.05) is 72.1 Å². The summed E-state index contributed by atoms with van der Waals surface area (Å²) in [7, 11) is 1.62. The molecular formula is C24H19N3O2S. The van der Waals surface area contributed by atoms with Gasteiger partial charge >= 0.3 is 0 Å². The van der Waals surface area contributed by atoms with Crippen LogP contribution in [-0.4, -0.2) is 23.0 Å². The van der Waals surface area contributed by atoms with Gasteiger partial charge in [0.15, 0.2) is 0 Å². The van der Waals surface area contributed by atoms with E-state index >= 15 is 0 Å². The molecule has 0 unspecified atom stereocenters. The number of hydrogen-bond donors (Lipinski definition) is 1. The third-order valence-corrected chi connectivity index (χ3v) is 5.22. The molecule has 1 N–H and O–H groups in total. The van der Waals surface area contributed by atoms with Gasteiger partial charge in [0.25, 0.3) is 0 Å². The summed E-state index contributed by atoms with van der Waals surface area (Å²) in [6, 6.07) is 20.9. The molecule has 148 valence electrons. The number of ether oxygens (including phenoxy) is 1. The van der Waals surface area contributed by atoms with Crippen LogP contribution in [0, 0.1) is 0 Å². The molecule has 4 aromatic rings. The summed E-state index contributed by atoms with van der Waals surface area (Å²) in [4.78, 5) is 21.3. The SMILES string of the molecule is COc1ccc(/C=C/C(=O)Nc2cccc(-c3csc(-c4ccccn4)n3)c2)cc1. The molecule has 2 heterocycles. The first-order valence-corrected chi connectivity index (χ1v) is 10.2. The van der Waals surface area contributed by atoms with Gasteiger partial charge in [-0.1, -0.05) is 30.3 Å². The number of thiazole rings is 1. The number of methoxy groups -OCH3 is 1. The summed E-state index contributed by atoms with van der Waals surface area (Å²) < 4.78 is 5.14. The molecule has 0 aliphatic carbocycles. The molecule has 0 atom stereocenters. The maximum Gasteiger partial charge on any atom is 0.248 e. The van der Waals surface area contributed by atoms with Gasteiger partial charge in [-0.05, 0) is 48.0 Å². The average Bonchev–Trinajstić information content (AvgIpc) is 3.29. The summed E-state index contributed by atoms with van der Waals surface area (Å²) in [6.45, 7) is 0. The number of pyridine rings is 1. The van der Waals surface area contributed by atoms with Crippen LogP contribution < -0.4 is 10.1 Å². The smallest absolute Gasteiger partial charge is 0.248 e. The minimum Gasteiger partial charge on any atom is -0.497 e. The number of nitrogens with one attached hydrogen (secondary N) is 1. The van der Waals surface area contributed by atoms with E-state index < -0.39 is 0 Å². The number of anilines is 1. The Kier molecular flexibility index (Phi) is 5.96. The van der Waals surface area contributed by atoms with Gasteiger partial charge in [0, 0.05) is 28.9 Å². The first kappa shape index (κ1) is 19.5. The number of carbonyl (C=O) groups excluding carboxylic acids is 1. The number of hydrogen-bond acceptors (Lipinski definition) is 5. The first-order chi connectivity index (χ1) is 14.7. The number of aromatic nitrogens is 2. The van der Waals surface area contributed by atoms with Crippen LogP contribution in [0.5, 0.6) is 5.75 Å².